The van der Waals surface area contributed by atoms with Crippen molar-refractivity contribution < 1.29 is 23.6 Å². The van der Waals surface area contributed by atoms with Crippen molar-refractivity contribution in [3.63, 3.8) is 0 Å². The smallest absolute Gasteiger partial charge is 0.340 e. The number of piperazine rings is 1. The molecular formula is C29H36ClFN6O4. The van der Waals surface area contributed by atoms with Gasteiger partial charge in [0.1, 0.15) is 5.82 Å². The largest absolute Gasteiger partial charge is 0.345 e. The number of fused-ring (bicyclic) bond motifs is 1. The highest BCUT2D eigenvalue weighted by atomic mass is 35.5. The number of benzene rings is 2. The van der Waals surface area contributed by atoms with Crippen molar-refractivity contribution in [2.75, 3.05) is 26.2 Å². The molecule has 0 bridgehead atoms. The number of urea groups is 1. The molecule has 3 N–H and O–H groups in total. The average Bonchev–Trinajstić information content (AvgIpc) is 2.97. The first kappa shape index (κ1) is 30.4. The molecule has 1 fully saturated rings. The Morgan fingerprint density at radius 3 is 2.80 bits per heavy atom. The van der Waals surface area contributed by atoms with Crippen LogP contribution in [0.4, 0.5) is 9.18 Å². The highest BCUT2D eigenvalue weighted by molar-refractivity contribution is 6.31. The maximum absolute atomic E-state index is 14.0. The Kier molecular flexibility index (Phi) is 10.7. The first-order valence-corrected chi connectivity index (χ1v) is 14.0. The summed E-state index contributed by atoms with van der Waals surface area (Å²) in [7, 11) is 0. The third-order valence-electron chi connectivity index (χ3n) is 7.11. The molecule has 10 nitrogen and oxygen atoms in total. The second kappa shape index (κ2) is 14.4. The van der Waals surface area contributed by atoms with Gasteiger partial charge in [0.05, 0.1) is 24.2 Å². The van der Waals surface area contributed by atoms with Crippen LogP contribution >= 0.6 is 11.6 Å². The number of nitrogens with one attached hydrogen (secondary N) is 3. The van der Waals surface area contributed by atoms with Crippen molar-refractivity contribution in [3.8, 4) is 0 Å². The number of carbonyl (C=O) groups is 3. The molecule has 2 aromatic carbocycles. The van der Waals surface area contributed by atoms with Crippen LogP contribution in [0.3, 0.4) is 0 Å². The molecule has 4 rings (SSSR count). The van der Waals surface area contributed by atoms with Crippen molar-refractivity contribution in [1.29, 1.82) is 0 Å². The van der Waals surface area contributed by atoms with E-state index >= 15 is 0 Å². The minimum atomic E-state index is -0.623. The minimum Gasteiger partial charge on any atom is -0.340 e. The molecule has 0 aromatic heterocycles. The van der Waals surface area contributed by atoms with Crippen LogP contribution in [0.15, 0.2) is 48.7 Å². The van der Waals surface area contributed by atoms with E-state index in [-0.39, 0.29) is 48.9 Å². The van der Waals surface area contributed by atoms with E-state index in [2.05, 4.69) is 16.2 Å². The first-order chi connectivity index (χ1) is 19.7. The number of nitrogens with zero attached hydrogens (tertiary/aromatic N) is 3. The molecule has 12 heteroatoms. The van der Waals surface area contributed by atoms with Crippen LogP contribution in [-0.2, 0) is 27.5 Å². The normalized spacial score (nSPS) is 17.1. The molecule has 0 saturated carbocycles. The van der Waals surface area contributed by atoms with E-state index in [1.807, 2.05) is 37.3 Å². The van der Waals surface area contributed by atoms with Gasteiger partial charge in [0.25, 0.3) is 0 Å². The zero-order valence-corrected chi connectivity index (χ0v) is 24.0. The number of halogens is 2. The van der Waals surface area contributed by atoms with Crippen LogP contribution in [0.25, 0.3) is 6.08 Å². The zero-order valence-electron chi connectivity index (χ0n) is 23.2. The Morgan fingerprint density at radius 2 is 2.02 bits per heavy atom. The summed E-state index contributed by atoms with van der Waals surface area (Å²) in [6.07, 6.45) is 3.97. The molecule has 1 saturated heterocycles. The van der Waals surface area contributed by atoms with Gasteiger partial charge >= 0.3 is 6.03 Å². The molecule has 0 radical (unpaired) electrons. The number of hydrogen-bond donors (Lipinski definition) is 3. The van der Waals surface area contributed by atoms with Gasteiger partial charge in [-0.1, -0.05) is 48.0 Å². The molecule has 0 spiro atoms. The third kappa shape index (κ3) is 8.26. The minimum absolute atomic E-state index is 0.0267. The SMILES string of the molecule is CC(=O)N(NCc1cccc(F)c1Cl)[C@@H](CCC(=O)N1CCN[C@@H](C)C1)CONC(=O)N1C=Cc2ccccc2C1. The van der Waals surface area contributed by atoms with Crippen molar-refractivity contribution in [1.82, 2.24) is 31.0 Å². The van der Waals surface area contributed by atoms with Crippen LogP contribution in [0.2, 0.25) is 5.02 Å². The van der Waals surface area contributed by atoms with Gasteiger partial charge in [-0.3, -0.25) is 24.3 Å². The maximum atomic E-state index is 14.0. The predicted octanol–water partition coefficient (Wildman–Crippen LogP) is 3.43. The summed E-state index contributed by atoms with van der Waals surface area (Å²) in [6, 6.07) is 11.3. The lowest BCUT2D eigenvalue weighted by atomic mass is 10.0. The van der Waals surface area contributed by atoms with Gasteiger partial charge in [0, 0.05) is 51.8 Å². The summed E-state index contributed by atoms with van der Waals surface area (Å²) >= 11 is 6.10. The molecule has 0 unspecified atom stereocenters. The number of hydrazine groups is 1. The zero-order chi connectivity index (χ0) is 29.4. The van der Waals surface area contributed by atoms with Crippen LogP contribution < -0.4 is 16.2 Å². The highest BCUT2D eigenvalue weighted by Crippen LogP contribution is 2.21. The average molecular weight is 587 g/mol. The highest BCUT2D eigenvalue weighted by Gasteiger charge is 2.27. The molecule has 2 aliphatic heterocycles. The van der Waals surface area contributed by atoms with E-state index in [4.69, 9.17) is 16.4 Å². The van der Waals surface area contributed by atoms with Crippen LogP contribution in [0.5, 0.6) is 0 Å². The van der Waals surface area contributed by atoms with Gasteiger partial charge in [0.2, 0.25) is 11.8 Å². The summed E-state index contributed by atoms with van der Waals surface area (Å²) in [6.45, 7) is 5.70. The monoisotopic (exact) mass is 586 g/mol. The Hall–Kier alpha value is -3.51. The molecule has 4 amide bonds. The Morgan fingerprint density at radius 1 is 1.22 bits per heavy atom. The number of hydrogen-bond acceptors (Lipinski definition) is 6. The standard InChI is InChI=1S/C29H36ClFN6O4/c1-20-17-35(15-13-32-20)27(39)11-10-25(37(21(2)38)33-16-23-8-5-9-26(31)28(23)30)19-41-34-29(40)36-14-12-22-6-3-4-7-24(22)18-36/h3-9,12,14,20,25,32-33H,10-11,13,15-19H2,1-2H3,(H,34,40)/t20-,25-/m0/s1. The topological polar surface area (TPSA) is 106 Å². The van der Waals surface area contributed by atoms with Crippen molar-refractivity contribution >= 4 is 35.5 Å². The quantitative estimate of drug-likeness (QED) is 0.368. The second-order valence-electron chi connectivity index (χ2n) is 10.2. The summed E-state index contributed by atoms with van der Waals surface area (Å²) < 4.78 is 14.0. The van der Waals surface area contributed by atoms with E-state index in [1.165, 1.54) is 29.0 Å². The number of hydroxylamine groups is 1. The number of amides is 4. The maximum Gasteiger partial charge on any atom is 0.345 e. The van der Waals surface area contributed by atoms with Crippen LogP contribution in [-0.4, -0.2) is 71.0 Å². The van der Waals surface area contributed by atoms with Gasteiger partial charge in [0.15, 0.2) is 0 Å². The molecule has 2 aromatic rings. The van der Waals surface area contributed by atoms with Crippen molar-refractivity contribution in [3.05, 3.63) is 76.2 Å². The van der Waals surface area contributed by atoms with E-state index < -0.39 is 17.9 Å². The van der Waals surface area contributed by atoms with Gasteiger partial charge < -0.3 is 10.2 Å². The second-order valence-corrected chi connectivity index (χ2v) is 10.6. The lowest BCUT2D eigenvalue weighted by molar-refractivity contribution is -0.140. The van der Waals surface area contributed by atoms with Gasteiger partial charge in [-0.15, -0.1) is 0 Å². The summed E-state index contributed by atoms with van der Waals surface area (Å²) in [5, 5.41) is 4.62. The lowest BCUT2D eigenvalue weighted by Gasteiger charge is -2.34. The molecule has 2 aliphatic rings. The van der Waals surface area contributed by atoms with E-state index in [9.17, 15) is 18.8 Å². The lowest BCUT2D eigenvalue weighted by Crippen LogP contribution is -2.53. The molecule has 0 aliphatic carbocycles. The molecule has 220 valence electrons. The van der Waals surface area contributed by atoms with E-state index in [0.29, 0.717) is 25.2 Å². The number of carbonyl (C=O) groups excluding carboxylic acids is 3. The Bertz CT molecular complexity index is 1280. The molecule has 41 heavy (non-hydrogen) atoms. The molecule has 2 heterocycles. The van der Waals surface area contributed by atoms with E-state index in [0.717, 1.165) is 17.7 Å². The molecule has 2 atom stereocenters. The van der Waals surface area contributed by atoms with Gasteiger partial charge in [-0.2, -0.15) is 0 Å². The fourth-order valence-corrected chi connectivity index (χ4v) is 5.08. The van der Waals surface area contributed by atoms with Crippen molar-refractivity contribution in [2.24, 2.45) is 0 Å². The first-order valence-electron chi connectivity index (χ1n) is 13.6. The van der Waals surface area contributed by atoms with Crippen LogP contribution in [0.1, 0.15) is 43.4 Å². The predicted molar refractivity (Wildman–Crippen MR) is 153 cm³/mol. The summed E-state index contributed by atoms with van der Waals surface area (Å²) in [5.41, 5.74) is 7.98. The molecular weight excluding hydrogens is 551 g/mol. The van der Waals surface area contributed by atoms with Crippen LogP contribution in [0, 0.1) is 5.82 Å². The number of rotatable bonds is 10. The van der Waals surface area contributed by atoms with Gasteiger partial charge in [-0.05, 0) is 42.2 Å². The third-order valence-corrected chi connectivity index (χ3v) is 7.54. The van der Waals surface area contributed by atoms with Crippen molar-refractivity contribution in [2.45, 2.75) is 51.9 Å². The van der Waals surface area contributed by atoms with Gasteiger partial charge in [-0.25, -0.2) is 20.1 Å². The fraction of sp³-hybridized carbons (Fsp3) is 0.414. The summed E-state index contributed by atoms with van der Waals surface area (Å²) in [4.78, 5) is 47.4. The fourth-order valence-electron chi connectivity index (χ4n) is 4.89. The Balaban J connectivity index is 1.40. The summed E-state index contributed by atoms with van der Waals surface area (Å²) in [5.74, 6) is -0.925. The van der Waals surface area contributed by atoms with E-state index in [1.54, 1.807) is 17.2 Å². The Labute approximate surface area is 244 Å².